The first-order valence-corrected chi connectivity index (χ1v) is 5.35. The average Bonchev–Trinajstić information content (AvgIpc) is 2.53. The van der Waals surface area contributed by atoms with Crippen LogP contribution in [0.5, 0.6) is 0 Å². The zero-order chi connectivity index (χ0) is 10.6. The van der Waals surface area contributed by atoms with Crippen molar-refractivity contribution in [2.24, 2.45) is 0 Å². The van der Waals surface area contributed by atoms with Crippen molar-refractivity contribution in [2.75, 3.05) is 13.0 Å². The van der Waals surface area contributed by atoms with Gasteiger partial charge in [0.25, 0.3) is 0 Å². The van der Waals surface area contributed by atoms with E-state index in [1.54, 1.807) is 6.92 Å². The minimum Gasteiger partial charge on any atom is -0.448 e. The van der Waals surface area contributed by atoms with Crippen molar-refractivity contribution in [3.05, 3.63) is 22.4 Å². The molecule has 0 amide bonds. The van der Waals surface area contributed by atoms with Gasteiger partial charge in [-0.3, -0.25) is 0 Å². The molecule has 0 aliphatic carbocycles. The van der Waals surface area contributed by atoms with Gasteiger partial charge in [-0.25, -0.2) is 0 Å². The molecule has 0 aliphatic rings. The van der Waals surface area contributed by atoms with Crippen molar-refractivity contribution >= 4 is 18.3 Å². The molecule has 0 aliphatic heterocycles. The Hall–Kier alpha value is 1.15. The van der Waals surface area contributed by atoms with E-state index in [2.05, 4.69) is 0 Å². The van der Waals surface area contributed by atoms with Gasteiger partial charge in [-0.05, 0) is 24.4 Å². The molecule has 0 saturated carbocycles. The molecule has 1 aromatic rings. The number of hydrogen-bond donors (Lipinski definition) is 0. The van der Waals surface area contributed by atoms with Crippen molar-refractivity contribution < 1.29 is 64.3 Å². The standard InChI is InChI=1S/C8H12BF3NS.K/c1-2-13(7-9(10,11)12)6-8-4-3-5-14-8;/h3-5H,2,6-7H2,1H3;/q-1;+1. The van der Waals surface area contributed by atoms with E-state index >= 15 is 0 Å². The third-order valence-corrected chi connectivity index (χ3v) is 2.73. The first-order chi connectivity index (χ1) is 6.51. The summed E-state index contributed by atoms with van der Waals surface area (Å²) in [5.74, 6) is 0. The predicted molar refractivity (Wildman–Crippen MR) is 54.3 cm³/mol. The van der Waals surface area contributed by atoms with Crippen molar-refractivity contribution in [1.29, 1.82) is 0 Å². The maximum atomic E-state index is 12.1. The summed E-state index contributed by atoms with van der Waals surface area (Å²) in [6, 6.07) is 3.71. The van der Waals surface area contributed by atoms with Crippen LogP contribution in [0.3, 0.4) is 0 Å². The number of halogens is 3. The van der Waals surface area contributed by atoms with Crippen molar-refractivity contribution in [3.8, 4) is 0 Å². The fourth-order valence-corrected chi connectivity index (χ4v) is 1.97. The van der Waals surface area contributed by atoms with E-state index < -0.39 is 13.4 Å². The van der Waals surface area contributed by atoms with Crippen LogP contribution in [0.4, 0.5) is 12.9 Å². The van der Waals surface area contributed by atoms with Gasteiger partial charge in [0.15, 0.2) is 0 Å². The molecule has 1 aromatic heterocycles. The van der Waals surface area contributed by atoms with Gasteiger partial charge in [0.1, 0.15) is 0 Å². The van der Waals surface area contributed by atoms with E-state index in [9.17, 15) is 12.9 Å². The van der Waals surface area contributed by atoms with E-state index in [4.69, 9.17) is 0 Å². The molecule has 0 radical (unpaired) electrons. The largest absolute Gasteiger partial charge is 1.00 e. The van der Waals surface area contributed by atoms with E-state index in [1.165, 1.54) is 16.2 Å². The van der Waals surface area contributed by atoms with Gasteiger partial charge in [-0.2, -0.15) is 0 Å². The topological polar surface area (TPSA) is 3.24 Å². The van der Waals surface area contributed by atoms with Gasteiger partial charge < -0.3 is 17.8 Å². The fraction of sp³-hybridized carbons (Fsp3) is 0.500. The van der Waals surface area contributed by atoms with E-state index in [1.807, 2.05) is 17.5 Å². The van der Waals surface area contributed by atoms with Crippen LogP contribution in [-0.4, -0.2) is 24.9 Å². The molecular formula is C8H12BF3KNS. The van der Waals surface area contributed by atoms with Gasteiger partial charge in [0.05, 0.1) is 0 Å². The molecule has 0 fully saturated rings. The summed E-state index contributed by atoms with van der Waals surface area (Å²) in [7, 11) is 0. The van der Waals surface area contributed by atoms with E-state index in [0.29, 0.717) is 13.1 Å². The van der Waals surface area contributed by atoms with Gasteiger partial charge in [0.2, 0.25) is 0 Å². The number of nitrogens with zero attached hydrogens (tertiary/aromatic N) is 1. The minimum atomic E-state index is -4.71. The van der Waals surface area contributed by atoms with E-state index in [0.717, 1.165) is 4.88 Å². The quantitative estimate of drug-likeness (QED) is 0.672. The van der Waals surface area contributed by atoms with Crippen LogP contribution in [0.2, 0.25) is 0 Å². The van der Waals surface area contributed by atoms with Crippen LogP contribution >= 0.6 is 11.3 Å². The Kier molecular flexibility index (Phi) is 8.05. The summed E-state index contributed by atoms with van der Waals surface area (Å²) in [6.07, 6.45) is -0.769. The Balaban J connectivity index is 0.00000196. The van der Waals surface area contributed by atoms with Gasteiger partial charge in [-0.15, -0.1) is 11.3 Å². The Labute approximate surface area is 135 Å². The summed E-state index contributed by atoms with van der Waals surface area (Å²) in [6.45, 7) is -2.13. The second-order valence-electron chi connectivity index (χ2n) is 3.12. The summed E-state index contributed by atoms with van der Waals surface area (Å²) in [4.78, 5) is 2.39. The summed E-state index contributed by atoms with van der Waals surface area (Å²) < 4.78 is 36.4. The van der Waals surface area contributed by atoms with Crippen LogP contribution in [0.1, 0.15) is 11.8 Å². The van der Waals surface area contributed by atoms with Crippen molar-refractivity contribution in [2.45, 2.75) is 13.5 Å². The monoisotopic (exact) mass is 261 g/mol. The molecule has 0 N–H and O–H groups in total. The SMILES string of the molecule is CCN(Cc1cccs1)C[B-](F)(F)F.[K+]. The van der Waals surface area contributed by atoms with Crippen LogP contribution in [0.25, 0.3) is 0 Å². The zero-order valence-corrected chi connectivity index (χ0v) is 12.9. The molecule has 1 heterocycles. The Bertz CT molecular complexity index is 265. The van der Waals surface area contributed by atoms with Crippen LogP contribution in [-0.2, 0) is 6.54 Å². The third-order valence-electron chi connectivity index (χ3n) is 1.87. The zero-order valence-electron chi connectivity index (χ0n) is 8.92. The van der Waals surface area contributed by atoms with Gasteiger partial charge in [0, 0.05) is 11.4 Å². The van der Waals surface area contributed by atoms with Gasteiger partial charge in [-0.1, -0.05) is 13.0 Å². The molecule has 0 unspecified atom stereocenters. The second-order valence-corrected chi connectivity index (χ2v) is 4.15. The molecule has 0 saturated heterocycles. The number of hydrogen-bond acceptors (Lipinski definition) is 2. The number of rotatable bonds is 5. The molecular weight excluding hydrogens is 249 g/mol. The maximum absolute atomic E-state index is 12.1. The minimum absolute atomic E-state index is 0. The summed E-state index contributed by atoms with van der Waals surface area (Å²) in [5.41, 5.74) is 0. The Morgan fingerprint density at radius 2 is 2.07 bits per heavy atom. The first kappa shape index (κ1) is 16.2. The average molecular weight is 261 g/mol. The first-order valence-electron chi connectivity index (χ1n) is 4.47. The van der Waals surface area contributed by atoms with Gasteiger partial charge >= 0.3 is 58.4 Å². The normalized spacial score (nSPS) is 11.5. The molecule has 0 atom stereocenters. The molecule has 0 bridgehead atoms. The molecule has 1 nitrogen and oxygen atoms in total. The second kappa shape index (κ2) is 7.47. The molecule has 7 heteroatoms. The Morgan fingerprint density at radius 1 is 1.40 bits per heavy atom. The van der Waals surface area contributed by atoms with E-state index in [-0.39, 0.29) is 51.4 Å². The molecule has 80 valence electrons. The molecule has 15 heavy (non-hydrogen) atoms. The van der Waals surface area contributed by atoms with Crippen molar-refractivity contribution in [1.82, 2.24) is 4.90 Å². The molecule has 0 aromatic carbocycles. The van der Waals surface area contributed by atoms with Crippen LogP contribution < -0.4 is 51.4 Å². The predicted octanol–water partition coefficient (Wildman–Crippen LogP) is -0.0394. The van der Waals surface area contributed by atoms with Crippen molar-refractivity contribution in [3.63, 3.8) is 0 Å². The van der Waals surface area contributed by atoms with Crippen LogP contribution in [0, 0.1) is 0 Å². The molecule has 0 spiro atoms. The summed E-state index contributed by atoms with van der Waals surface area (Å²) in [5, 5.41) is 1.88. The number of thiophene rings is 1. The maximum Gasteiger partial charge on any atom is 1.00 e. The smallest absolute Gasteiger partial charge is 0.448 e. The summed E-state index contributed by atoms with van der Waals surface area (Å²) >= 11 is 1.49. The Morgan fingerprint density at radius 3 is 2.47 bits per heavy atom. The van der Waals surface area contributed by atoms with Crippen LogP contribution in [0.15, 0.2) is 17.5 Å². The molecule has 1 rings (SSSR count). The fourth-order valence-electron chi connectivity index (χ4n) is 1.22. The third kappa shape index (κ3) is 7.14.